The number of hydrogen-bond donors (Lipinski definition) is 2. The molecule has 0 fully saturated rings. The lowest BCUT2D eigenvalue weighted by molar-refractivity contribution is -0.119. The molecule has 1 rings (SSSR count). The van der Waals surface area contributed by atoms with Crippen molar-refractivity contribution in [2.75, 3.05) is 12.4 Å². The Morgan fingerprint density at radius 1 is 1.47 bits per heavy atom. The molecule has 2 N–H and O–H groups in total. The molecule has 0 saturated carbocycles. The van der Waals surface area contributed by atoms with Gasteiger partial charge in [0.1, 0.15) is 5.88 Å². The maximum Gasteiger partial charge on any atom is 0.235 e. The van der Waals surface area contributed by atoms with Crippen molar-refractivity contribution in [3.63, 3.8) is 0 Å². The normalized spacial score (nSPS) is 12.2. The molecule has 0 spiro atoms. The Hall–Kier alpha value is -1.06. The molecule has 1 aromatic rings. The van der Waals surface area contributed by atoms with Crippen molar-refractivity contribution in [2.24, 2.45) is 0 Å². The number of amides is 1. The largest absolute Gasteiger partial charge is 0.387 e. The standard InChI is InChI=1S/C11H14ClNO2/c1-8-2-4-9(5-3-8)10(14)7-13-11(15)6-12/h2-5,10,14H,6-7H2,1H3,(H,13,15)/t10-/m0/s1. The molecule has 0 aliphatic heterocycles. The van der Waals surface area contributed by atoms with Crippen molar-refractivity contribution in [1.29, 1.82) is 0 Å². The number of carbonyl (C=O) groups excluding carboxylic acids is 1. The van der Waals surface area contributed by atoms with Crippen molar-refractivity contribution in [3.05, 3.63) is 35.4 Å². The summed E-state index contributed by atoms with van der Waals surface area (Å²) in [5.41, 5.74) is 1.92. The van der Waals surface area contributed by atoms with E-state index in [1.54, 1.807) is 0 Å². The molecule has 82 valence electrons. The number of alkyl halides is 1. The molecule has 1 aromatic carbocycles. The molecule has 4 heteroatoms. The molecule has 1 amide bonds. The molecular weight excluding hydrogens is 214 g/mol. The van der Waals surface area contributed by atoms with Crippen molar-refractivity contribution in [1.82, 2.24) is 5.32 Å². The Morgan fingerprint density at radius 3 is 2.60 bits per heavy atom. The number of benzene rings is 1. The first-order chi connectivity index (χ1) is 7.13. The number of aliphatic hydroxyl groups excluding tert-OH is 1. The summed E-state index contributed by atoms with van der Waals surface area (Å²) in [4.78, 5) is 10.8. The average molecular weight is 228 g/mol. The molecule has 3 nitrogen and oxygen atoms in total. The van der Waals surface area contributed by atoms with Crippen LogP contribution in [0, 0.1) is 6.92 Å². The molecular formula is C11H14ClNO2. The van der Waals surface area contributed by atoms with Crippen LogP contribution in [-0.2, 0) is 4.79 Å². The lowest BCUT2D eigenvalue weighted by Gasteiger charge is -2.11. The van der Waals surface area contributed by atoms with Crippen LogP contribution >= 0.6 is 11.6 Å². The van der Waals surface area contributed by atoms with E-state index >= 15 is 0 Å². The van der Waals surface area contributed by atoms with Crippen LogP contribution in [0.15, 0.2) is 24.3 Å². The predicted molar refractivity (Wildman–Crippen MR) is 59.9 cm³/mol. The van der Waals surface area contributed by atoms with Gasteiger partial charge in [0, 0.05) is 6.54 Å². The van der Waals surface area contributed by atoms with Crippen LogP contribution in [-0.4, -0.2) is 23.4 Å². The molecule has 0 bridgehead atoms. The summed E-state index contributed by atoms with van der Waals surface area (Å²) in [6.45, 7) is 2.17. The van der Waals surface area contributed by atoms with Crippen molar-refractivity contribution < 1.29 is 9.90 Å². The van der Waals surface area contributed by atoms with E-state index in [1.807, 2.05) is 31.2 Å². The quantitative estimate of drug-likeness (QED) is 0.764. The van der Waals surface area contributed by atoms with Gasteiger partial charge in [-0.2, -0.15) is 0 Å². The SMILES string of the molecule is Cc1ccc([C@@H](O)CNC(=O)CCl)cc1. The van der Waals surface area contributed by atoms with Crippen molar-refractivity contribution in [3.8, 4) is 0 Å². The third-order valence-electron chi connectivity index (χ3n) is 2.08. The predicted octanol–water partition coefficient (Wildman–Crippen LogP) is 1.38. The first-order valence-corrected chi connectivity index (χ1v) is 5.24. The Kier molecular flexibility index (Phi) is 4.59. The van der Waals surface area contributed by atoms with Gasteiger partial charge in [-0.15, -0.1) is 11.6 Å². The molecule has 0 saturated heterocycles. The summed E-state index contributed by atoms with van der Waals surface area (Å²) < 4.78 is 0. The maximum atomic E-state index is 10.8. The second kappa shape index (κ2) is 5.73. The number of halogens is 1. The van der Waals surface area contributed by atoms with E-state index in [9.17, 15) is 9.90 Å². The van der Waals surface area contributed by atoms with Gasteiger partial charge < -0.3 is 10.4 Å². The molecule has 0 unspecified atom stereocenters. The van der Waals surface area contributed by atoms with Crippen molar-refractivity contribution >= 4 is 17.5 Å². The van der Waals surface area contributed by atoms with E-state index in [0.717, 1.165) is 11.1 Å². The number of aliphatic hydroxyl groups is 1. The van der Waals surface area contributed by atoms with Gasteiger partial charge >= 0.3 is 0 Å². The fourth-order valence-corrected chi connectivity index (χ4v) is 1.26. The Bertz CT molecular complexity index is 324. The molecule has 1 atom stereocenters. The zero-order valence-corrected chi connectivity index (χ0v) is 9.29. The van der Waals surface area contributed by atoms with Gasteiger partial charge in [0.15, 0.2) is 0 Å². The highest BCUT2D eigenvalue weighted by Crippen LogP contribution is 2.12. The number of nitrogens with one attached hydrogen (secondary N) is 1. The van der Waals surface area contributed by atoms with Crippen LogP contribution in [0.5, 0.6) is 0 Å². The molecule has 0 aromatic heterocycles. The number of rotatable bonds is 4. The second-order valence-electron chi connectivity index (χ2n) is 3.36. The zero-order valence-electron chi connectivity index (χ0n) is 8.53. The van der Waals surface area contributed by atoms with Gasteiger partial charge in [-0.05, 0) is 12.5 Å². The maximum absolute atomic E-state index is 10.8. The van der Waals surface area contributed by atoms with Crippen LogP contribution in [0.2, 0.25) is 0 Å². The zero-order chi connectivity index (χ0) is 11.3. The van der Waals surface area contributed by atoms with Gasteiger partial charge in [-0.25, -0.2) is 0 Å². The fourth-order valence-electron chi connectivity index (χ4n) is 1.16. The third-order valence-corrected chi connectivity index (χ3v) is 2.32. The van der Waals surface area contributed by atoms with E-state index in [2.05, 4.69) is 5.32 Å². The monoisotopic (exact) mass is 227 g/mol. The van der Waals surface area contributed by atoms with Crippen LogP contribution < -0.4 is 5.32 Å². The summed E-state index contributed by atoms with van der Waals surface area (Å²) >= 11 is 5.31. The highest BCUT2D eigenvalue weighted by atomic mass is 35.5. The molecule has 0 heterocycles. The van der Waals surface area contributed by atoms with Gasteiger partial charge in [0.2, 0.25) is 5.91 Å². The lowest BCUT2D eigenvalue weighted by Crippen LogP contribution is -2.29. The van der Waals surface area contributed by atoms with E-state index < -0.39 is 6.10 Å². The summed E-state index contributed by atoms with van der Waals surface area (Å²) in [6, 6.07) is 7.52. The van der Waals surface area contributed by atoms with Crippen molar-refractivity contribution in [2.45, 2.75) is 13.0 Å². The first-order valence-electron chi connectivity index (χ1n) is 4.70. The van der Waals surface area contributed by atoms with Crippen LogP contribution in [0.1, 0.15) is 17.2 Å². The minimum atomic E-state index is -0.683. The summed E-state index contributed by atoms with van der Waals surface area (Å²) in [5, 5.41) is 12.2. The van der Waals surface area contributed by atoms with E-state index in [-0.39, 0.29) is 18.3 Å². The lowest BCUT2D eigenvalue weighted by atomic mass is 10.1. The van der Waals surface area contributed by atoms with Gasteiger partial charge in [0.05, 0.1) is 6.10 Å². The van der Waals surface area contributed by atoms with E-state index in [4.69, 9.17) is 11.6 Å². The van der Waals surface area contributed by atoms with Gasteiger partial charge in [-0.3, -0.25) is 4.79 Å². The fraction of sp³-hybridized carbons (Fsp3) is 0.364. The number of aryl methyl sites for hydroxylation is 1. The Morgan fingerprint density at radius 2 is 2.07 bits per heavy atom. The molecule has 0 radical (unpaired) electrons. The van der Waals surface area contributed by atoms with Gasteiger partial charge in [-0.1, -0.05) is 29.8 Å². The summed E-state index contributed by atoms with van der Waals surface area (Å²) in [5.74, 6) is -0.358. The number of hydrogen-bond acceptors (Lipinski definition) is 2. The molecule has 15 heavy (non-hydrogen) atoms. The minimum absolute atomic E-state index is 0.0827. The average Bonchev–Trinajstić information content (AvgIpc) is 2.26. The molecule has 0 aliphatic rings. The summed E-state index contributed by atoms with van der Waals surface area (Å²) in [6.07, 6.45) is -0.683. The van der Waals surface area contributed by atoms with E-state index in [0.29, 0.717) is 0 Å². The highest BCUT2D eigenvalue weighted by Gasteiger charge is 2.08. The third kappa shape index (κ3) is 3.90. The first kappa shape index (κ1) is 12.0. The highest BCUT2D eigenvalue weighted by molar-refractivity contribution is 6.27. The second-order valence-corrected chi connectivity index (χ2v) is 3.63. The Balaban J connectivity index is 2.50. The smallest absolute Gasteiger partial charge is 0.235 e. The van der Waals surface area contributed by atoms with Crippen LogP contribution in [0.4, 0.5) is 0 Å². The van der Waals surface area contributed by atoms with Gasteiger partial charge in [0.25, 0.3) is 0 Å². The molecule has 0 aliphatic carbocycles. The van der Waals surface area contributed by atoms with E-state index in [1.165, 1.54) is 0 Å². The summed E-state index contributed by atoms with van der Waals surface area (Å²) in [7, 11) is 0. The minimum Gasteiger partial charge on any atom is -0.387 e. The Labute approximate surface area is 94.1 Å². The van der Waals surface area contributed by atoms with Crippen LogP contribution in [0.25, 0.3) is 0 Å². The topological polar surface area (TPSA) is 49.3 Å². The van der Waals surface area contributed by atoms with Crippen LogP contribution in [0.3, 0.4) is 0 Å². The number of carbonyl (C=O) groups is 1.